The highest BCUT2D eigenvalue weighted by atomic mass is 32.1. The zero-order valence-electron chi connectivity index (χ0n) is 12.7. The van der Waals surface area contributed by atoms with Crippen LogP contribution in [-0.2, 0) is 6.54 Å². The Bertz CT molecular complexity index is 710. The van der Waals surface area contributed by atoms with E-state index in [-0.39, 0.29) is 0 Å². The maximum absolute atomic E-state index is 8.92. The molecule has 1 aliphatic heterocycles. The van der Waals surface area contributed by atoms with E-state index in [9.17, 15) is 0 Å². The number of hydrogen-bond acceptors (Lipinski definition) is 5. The van der Waals surface area contributed by atoms with E-state index in [2.05, 4.69) is 25.8 Å². The Balaban J connectivity index is 1.56. The van der Waals surface area contributed by atoms with Crippen LogP contribution in [0, 0.1) is 11.3 Å². The number of piperazine rings is 1. The quantitative estimate of drug-likeness (QED) is 0.685. The van der Waals surface area contributed by atoms with Crippen LogP contribution in [0.1, 0.15) is 11.1 Å². The van der Waals surface area contributed by atoms with Crippen molar-refractivity contribution in [3.05, 3.63) is 47.0 Å². The number of nitrogens with two attached hydrogens (primary N) is 1. The minimum atomic E-state index is 0.494. The van der Waals surface area contributed by atoms with Crippen LogP contribution in [0.25, 0.3) is 0 Å². The highest BCUT2D eigenvalue weighted by molar-refractivity contribution is 7.13. The molecule has 1 fully saturated rings. The molecule has 2 N–H and O–H groups in total. The number of hydrogen-bond donors (Lipinski definition) is 1. The smallest absolute Gasteiger partial charge is 0.191 e. The van der Waals surface area contributed by atoms with E-state index in [4.69, 9.17) is 11.0 Å². The lowest BCUT2D eigenvalue weighted by molar-refractivity contribution is 0.380. The first kappa shape index (κ1) is 15.3. The maximum Gasteiger partial charge on any atom is 0.191 e. The number of nitriles is 1. The SMILES string of the molecule is N#Cc1cccc(CN=C(N)N2CCN(c3nccs3)CC2)c1. The minimum Gasteiger partial charge on any atom is -0.370 e. The van der Waals surface area contributed by atoms with Crippen molar-refractivity contribution in [2.45, 2.75) is 6.54 Å². The van der Waals surface area contributed by atoms with Gasteiger partial charge in [-0.1, -0.05) is 12.1 Å². The average molecular weight is 326 g/mol. The van der Waals surface area contributed by atoms with E-state index in [1.54, 1.807) is 17.4 Å². The van der Waals surface area contributed by atoms with Gasteiger partial charge in [-0.05, 0) is 17.7 Å². The van der Waals surface area contributed by atoms with Gasteiger partial charge >= 0.3 is 0 Å². The summed E-state index contributed by atoms with van der Waals surface area (Å²) in [5.41, 5.74) is 7.75. The number of aliphatic imine (C=N–C) groups is 1. The van der Waals surface area contributed by atoms with E-state index in [1.807, 2.05) is 29.8 Å². The molecule has 6 nitrogen and oxygen atoms in total. The van der Waals surface area contributed by atoms with Crippen LogP contribution in [0.3, 0.4) is 0 Å². The molecular weight excluding hydrogens is 308 g/mol. The average Bonchev–Trinajstić information content (AvgIpc) is 3.14. The lowest BCUT2D eigenvalue weighted by Gasteiger charge is -2.35. The van der Waals surface area contributed by atoms with Gasteiger partial charge in [-0.25, -0.2) is 9.98 Å². The van der Waals surface area contributed by atoms with Crippen molar-refractivity contribution < 1.29 is 0 Å². The van der Waals surface area contributed by atoms with Gasteiger partial charge in [0.1, 0.15) is 0 Å². The number of benzene rings is 1. The number of anilines is 1. The van der Waals surface area contributed by atoms with Gasteiger partial charge < -0.3 is 15.5 Å². The molecule has 1 aromatic carbocycles. The fourth-order valence-electron chi connectivity index (χ4n) is 2.51. The van der Waals surface area contributed by atoms with Crippen LogP contribution in [0.2, 0.25) is 0 Å². The third kappa shape index (κ3) is 3.79. The predicted molar refractivity (Wildman–Crippen MR) is 92.4 cm³/mol. The molecule has 3 rings (SSSR count). The number of aromatic nitrogens is 1. The van der Waals surface area contributed by atoms with Crippen molar-refractivity contribution in [2.75, 3.05) is 31.1 Å². The number of guanidine groups is 1. The minimum absolute atomic E-state index is 0.494. The molecule has 2 heterocycles. The molecule has 118 valence electrons. The molecule has 0 saturated carbocycles. The Morgan fingerprint density at radius 1 is 1.35 bits per heavy atom. The van der Waals surface area contributed by atoms with Crippen LogP contribution in [0.5, 0.6) is 0 Å². The fraction of sp³-hybridized carbons (Fsp3) is 0.312. The Kier molecular flexibility index (Phi) is 4.74. The second kappa shape index (κ2) is 7.11. The van der Waals surface area contributed by atoms with Crippen molar-refractivity contribution in [3.8, 4) is 6.07 Å². The maximum atomic E-state index is 8.92. The summed E-state index contributed by atoms with van der Waals surface area (Å²) >= 11 is 1.66. The van der Waals surface area contributed by atoms with E-state index in [0.29, 0.717) is 18.1 Å². The Labute approximate surface area is 139 Å². The first-order chi connectivity index (χ1) is 11.3. The number of thiazole rings is 1. The summed E-state index contributed by atoms with van der Waals surface area (Å²) in [5.74, 6) is 0.561. The lowest BCUT2D eigenvalue weighted by Crippen LogP contribution is -2.51. The summed E-state index contributed by atoms with van der Waals surface area (Å²) in [4.78, 5) is 13.2. The molecule has 1 saturated heterocycles. The number of rotatable bonds is 3. The van der Waals surface area contributed by atoms with Crippen molar-refractivity contribution in [2.24, 2.45) is 10.7 Å². The fourth-order valence-corrected chi connectivity index (χ4v) is 3.21. The van der Waals surface area contributed by atoms with Gasteiger partial charge in [0.15, 0.2) is 11.1 Å². The monoisotopic (exact) mass is 326 g/mol. The van der Waals surface area contributed by atoms with Crippen molar-refractivity contribution in [1.29, 1.82) is 5.26 Å². The second-order valence-electron chi connectivity index (χ2n) is 5.28. The molecule has 1 aliphatic rings. The first-order valence-corrected chi connectivity index (χ1v) is 8.32. The Morgan fingerprint density at radius 2 is 2.17 bits per heavy atom. The van der Waals surface area contributed by atoms with Crippen LogP contribution in [0.4, 0.5) is 5.13 Å². The summed E-state index contributed by atoms with van der Waals surface area (Å²) in [6.07, 6.45) is 1.83. The molecule has 0 atom stereocenters. The molecule has 0 amide bonds. The van der Waals surface area contributed by atoms with Crippen LogP contribution < -0.4 is 10.6 Å². The van der Waals surface area contributed by atoms with Crippen LogP contribution in [0.15, 0.2) is 40.8 Å². The van der Waals surface area contributed by atoms with Gasteiger partial charge in [-0.3, -0.25) is 0 Å². The standard InChI is InChI=1S/C16H18N6S/c17-11-13-2-1-3-14(10-13)12-20-15(18)21-5-7-22(8-6-21)16-19-4-9-23-16/h1-4,9-10H,5-8,12H2,(H2,18,20). The Morgan fingerprint density at radius 3 is 2.87 bits per heavy atom. The highest BCUT2D eigenvalue weighted by Gasteiger charge is 2.19. The van der Waals surface area contributed by atoms with Crippen molar-refractivity contribution >= 4 is 22.4 Å². The van der Waals surface area contributed by atoms with E-state index in [0.717, 1.165) is 36.9 Å². The predicted octanol–water partition coefficient (Wildman–Crippen LogP) is 1.65. The largest absolute Gasteiger partial charge is 0.370 e. The van der Waals surface area contributed by atoms with E-state index in [1.165, 1.54) is 0 Å². The Hall–Kier alpha value is -2.59. The molecule has 0 unspecified atom stereocenters. The van der Waals surface area contributed by atoms with Crippen LogP contribution >= 0.6 is 11.3 Å². The molecule has 7 heteroatoms. The van der Waals surface area contributed by atoms with E-state index < -0.39 is 0 Å². The second-order valence-corrected chi connectivity index (χ2v) is 6.15. The highest BCUT2D eigenvalue weighted by Crippen LogP contribution is 2.18. The van der Waals surface area contributed by atoms with Gasteiger partial charge in [0, 0.05) is 37.8 Å². The molecule has 0 spiro atoms. The molecule has 23 heavy (non-hydrogen) atoms. The van der Waals surface area contributed by atoms with Gasteiger partial charge in [0.25, 0.3) is 0 Å². The van der Waals surface area contributed by atoms with Crippen molar-refractivity contribution in [3.63, 3.8) is 0 Å². The molecule has 2 aromatic rings. The topological polar surface area (TPSA) is 81.5 Å². The first-order valence-electron chi connectivity index (χ1n) is 7.44. The third-order valence-corrected chi connectivity index (χ3v) is 4.61. The van der Waals surface area contributed by atoms with Crippen molar-refractivity contribution in [1.82, 2.24) is 9.88 Å². The van der Waals surface area contributed by atoms with Gasteiger partial charge in [0.2, 0.25) is 0 Å². The van der Waals surface area contributed by atoms with Crippen LogP contribution in [-0.4, -0.2) is 42.0 Å². The molecule has 0 bridgehead atoms. The normalized spacial score (nSPS) is 15.5. The van der Waals surface area contributed by atoms with E-state index >= 15 is 0 Å². The number of nitrogens with zero attached hydrogens (tertiary/aromatic N) is 5. The molecule has 0 aliphatic carbocycles. The summed E-state index contributed by atoms with van der Waals surface area (Å²) < 4.78 is 0. The van der Waals surface area contributed by atoms with Gasteiger partial charge in [-0.2, -0.15) is 5.26 Å². The molecular formula is C16H18N6S. The third-order valence-electron chi connectivity index (χ3n) is 3.77. The summed E-state index contributed by atoms with van der Waals surface area (Å²) in [5, 5.41) is 12.0. The zero-order valence-corrected chi connectivity index (χ0v) is 13.5. The molecule has 1 aromatic heterocycles. The summed E-state index contributed by atoms with van der Waals surface area (Å²) in [7, 11) is 0. The zero-order chi connectivity index (χ0) is 16.1. The van der Waals surface area contributed by atoms with Gasteiger partial charge in [-0.15, -0.1) is 11.3 Å². The van der Waals surface area contributed by atoms with Gasteiger partial charge in [0.05, 0.1) is 18.2 Å². The molecule has 0 radical (unpaired) electrons. The lowest BCUT2D eigenvalue weighted by atomic mass is 10.1. The summed E-state index contributed by atoms with van der Waals surface area (Å²) in [6.45, 7) is 3.97. The summed E-state index contributed by atoms with van der Waals surface area (Å²) in [6, 6.07) is 9.59.